The number of hydrogen-bond donors (Lipinski definition) is 0. The van der Waals surface area contributed by atoms with Gasteiger partial charge in [0, 0.05) is 6.07 Å². The van der Waals surface area contributed by atoms with Crippen molar-refractivity contribution in [2.75, 3.05) is 7.11 Å². The van der Waals surface area contributed by atoms with Crippen molar-refractivity contribution < 1.29 is 9.66 Å². The van der Waals surface area contributed by atoms with Crippen LogP contribution < -0.4 is 4.74 Å². The lowest BCUT2D eigenvalue weighted by molar-refractivity contribution is -0.387. The molecule has 0 unspecified atom stereocenters. The van der Waals surface area contributed by atoms with Gasteiger partial charge in [-0.2, -0.15) is 0 Å². The Morgan fingerprint density at radius 1 is 1.06 bits per heavy atom. The minimum Gasteiger partial charge on any atom is -0.496 e. The van der Waals surface area contributed by atoms with Gasteiger partial charge in [-0.15, -0.1) is 0 Å². The Morgan fingerprint density at radius 2 is 1.67 bits per heavy atom. The summed E-state index contributed by atoms with van der Waals surface area (Å²) in [6.45, 7) is 0. The summed E-state index contributed by atoms with van der Waals surface area (Å²) in [5, 5.41) is 10.9. The van der Waals surface area contributed by atoms with Gasteiger partial charge in [-0.1, -0.05) is 36.0 Å². The zero-order valence-corrected chi connectivity index (χ0v) is 10.5. The number of hydrogen-bond acceptors (Lipinski definition) is 4. The molecule has 0 heterocycles. The molecule has 0 fully saturated rings. The van der Waals surface area contributed by atoms with Gasteiger partial charge in [-0.25, -0.2) is 0 Å². The van der Waals surface area contributed by atoms with Crippen LogP contribution in [0.25, 0.3) is 0 Å². The van der Waals surface area contributed by atoms with E-state index in [9.17, 15) is 10.1 Å². The van der Waals surface area contributed by atoms with Gasteiger partial charge in [-0.05, 0) is 18.2 Å². The Labute approximate surface area is 109 Å². The Morgan fingerprint density at radius 3 is 2.33 bits per heavy atom. The van der Waals surface area contributed by atoms with E-state index in [-0.39, 0.29) is 10.6 Å². The van der Waals surface area contributed by atoms with Crippen LogP contribution in [-0.4, -0.2) is 12.0 Å². The van der Waals surface area contributed by atoms with Gasteiger partial charge in [0.15, 0.2) is 0 Å². The van der Waals surface area contributed by atoms with E-state index in [1.165, 1.54) is 17.8 Å². The minimum absolute atomic E-state index is 0.105. The van der Waals surface area contributed by atoms with E-state index in [4.69, 9.17) is 4.74 Å². The zero-order chi connectivity index (χ0) is 13.0. The molecule has 0 saturated heterocycles. The van der Waals surface area contributed by atoms with Crippen molar-refractivity contribution in [3.63, 3.8) is 0 Å². The SMILES string of the molecule is COc1ccccc1Sc1ccccc1[N+](=O)[O-]. The third-order valence-electron chi connectivity index (χ3n) is 2.35. The summed E-state index contributed by atoms with van der Waals surface area (Å²) >= 11 is 1.33. The maximum atomic E-state index is 10.9. The van der Waals surface area contributed by atoms with E-state index in [1.54, 1.807) is 25.3 Å². The second kappa shape index (κ2) is 5.55. The first-order valence-corrected chi connectivity index (χ1v) is 6.08. The molecule has 0 aliphatic carbocycles. The molecule has 0 aromatic heterocycles. The van der Waals surface area contributed by atoms with Crippen molar-refractivity contribution in [1.82, 2.24) is 0 Å². The van der Waals surface area contributed by atoms with Crippen molar-refractivity contribution in [2.45, 2.75) is 9.79 Å². The van der Waals surface area contributed by atoms with Gasteiger partial charge < -0.3 is 4.74 Å². The Bertz CT molecular complexity index is 572. The van der Waals surface area contributed by atoms with Gasteiger partial charge in [0.2, 0.25) is 0 Å². The first-order chi connectivity index (χ1) is 8.72. The highest BCUT2D eigenvalue weighted by Gasteiger charge is 2.14. The number of benzene rings is 2. The van der Waals surface area contributed by atoms with Crippen molar-refractivity contribution in [3.05, 3.63) is 58.6 Å². The van der Waals surface area contributed by atoms with Gasteiger partial charge in [0.1, 0.15) is 5.75 Å². The lowest BCUT2D eigenvalue weighted by Gasteiger charge is -2.07. The molecule has 0 amide bonds. The van der Waals surface area contributed by atoms with E-state index in [0.29, 0.717) is 10.6 Å². The molecule has 0 radical (unpaired) electrons. The summed E-state index contributed by atoms with van der Waals surface area (Å²) < 4.78 is 5.23. The van der Waals surface area contributed by atoms with Crippen LogP contribution in [0.5, 0.6) is 5.75 Å². The molecular weight excluding hydrogens is 250 g/mol. The van der Waals surface area contributed by atoms with E-state index < -0.39 is 0 Å². The molecule has 18 heavy (non-hydrogen) atoms. The van der Waals surface area contributed by atoms with E-state index >= 15 is 0 Å². The quantitative estimate of drug-likeness (QED) is 0.621. The van der Waals surface area contributed by atoms with Crippen LogP contribution in [0, 0.1) is 10.1 Å². The average molecular weight is 261 g/mol. The second-order valence-corrected chi connectivity index (χ2v) is 4.56. The van der Waals surface area contributed by atoms with E-state index in [2.05, 4.69) is 0 Å². The lowest BCUT2D eigenvalue weighted by atomic mass is 10.3. The van der Waals surface area contributed by atoms with Crippen LogP contribution in [0.1, 0.15) is 0 Å². The van der Waals surface area contributed by atoms with Gasteiger partial charge in [0.05, 0.1) is 21.8 Å². The van der Waals surface area contributed by atoms with Crippen LogP contribution in [-0.2, 0) is 0 Å². The van der Waals surface area contributed by atoms with Gasteiger partial charge in [-0.3, -0.25) is 10.1 Å². The highest BCUT2D eigenvalue weighted by atomic mass is 32.2. The van der Waals surface area contributed by atoms with Crippen LogP contribution in [0.15, 0.2) is 58.3 Å². The third kappa shape index (κ3) is 2.62. The van der Waals surface area contributed by atoms with Crippen molar-refractivity contribution in [1.29, 1.82) is 0 Å². The lowest BCUT2D eigenvalue weighted by Crippen LogP contribution is -1.91. The van der Waals surface area contributed by atoms with Crippen molar-refractivity contribution in [3.8, 4) is 5.75 Å². The standard InChI is InChI=1S/C13H11NO3S/c1-17-11-7-3-5-9-13(11)18-12-8-4-2-6-10(12)14(15)16/h2-9H,1H3. The zero-order valence-electron chi connectivity index (χ0n) is 9.70. The van der Waals surface area contributed by atoms with E-state index in [0.717, 1.165) is 4.90 Å². The predicted molar refractivity (Wildman–Crippen MR) is 70.2 cm³/mol. The normalized spacial score (nSPS) is 10.1. The molecule has 2 aromatic carbocycles. The molecule has 92 valence electrons. The smallest absolute Gasteiger partial charge is 0.283 e. The van der Waals surface area contributed by atoms with Crippen molar-refractivity contribution in [2.24, 2.45) is 0 Å². The summed E-state index contributed by atoms with van der Waals surface area (Å²) in [5.74, 6) is 0.709. The second-order valence-electron chi connectivity index (χ2n) is 3.48. The maximum absolute atomic E-state index is 10.9. The van der Waals surface area contributed by atoms with Crippen molar-refractivity contribution >= 4 is 17.4 Å². The number of para-hydroxylation sites is 2. The van der Waals surface area contributed by atoms with Crippen LogP contribution in [0.2, 0.25) is 0 Å². The molecule has 0 aliphatic rings. The highest BCUT2D eigenvalue weighted by molar-refractivity contribution is 7.99. The summed E-state index contributed by atoms with van der Waals surface area (Å²) in [5.41, 5.74) is 0.105. The monoisotopic (exact) mass is 261 g/mol. The number of rotatable bonds is 4. The first-order valence-electron chi connectivity index (χ1n) is 5.26. The number of ether oxygens (including phenoxy) is 1. The van der Waals surface area contributed by atoms with Crippen LogP contribution in [0.4, 0.5) is 5.69 Å². The minimum atomic E-state index is -0.377. The molecule has 0 saturated carbocycles. The Balaban J connectivity index is 2.37. The number of nitrogens with zero attached hydrogens (tertiary/aromatic N) is 1. The molecule has 0 spiro atoms. The third-order valence-corrected chi connectivity index (χ3v) is 3.47. The molecule has 2 rings (SSSR count). The molecule has 2 aromatic rings. The van der Waals surface area contributed by atoms with Gasteiger partial charge >= 0.3 is 0 Å². The average Bonchev–Trinajstić information content (AvgIpc) is 2.40. The Hall–Kier alpha value is -2.01. The van der Waals surface area contributed by atoms with Gasteiger partial charge in [0.25, 0.3) is 5.69 Å². The molecule has 5 heteroatoms. The fourth-order valence-electron chi connectivity index (χ4n) is 1.52. The van der Waals surface area contributed by atoms with Crippen LogP contribution in [0.3, 0.4) is 0 Å². The molecule has 0 atom stereocenters. The van der Waals surface area contributed by atoms with Crippen LogP contribution >= 0.6 is 11.8 Å². The molecular formula is C13H11NO3S. The summed E-state index contributed by atoms with van der Waals surface area (Å²) in [4.78, 5) is 12.0. The largest absolute Gasteiger partial charge is 0.496 e. The number of nitro benzene ring substituents is 1. The highest BCUT2D eigenvalue weighted by Crippen LogP contribution is 2.38. The predicted octanol–water partition coefficient (Wildman–Crippen LogP) is 3.75. The topological polar surface area (TPSA) is 52.4 Å². The summed E-state index contributed by atoms with van der Waals surface area (Å²) in [7, 11) is 1.58. The Kier molecular flexibility index (Phi) is 3.84. The molecule has 0 aliphatic heterocycles. The molecule has 4 nitrogen and oxygen atoms in total. The van der Waals surface area contributed by atoms with E-state index in [1.807, 2.05) is 24.3 Å². The fourth-order valence-corrected chi connectivity index (χ4v) is 2.55. The fraction of sp³-hybridized carbons (Fsp3) is 0.0769. The molecule has 0 N–H and O–H groups in total. The summed E-state index contributed by atoms with van der Waals surface area (Å²) in [6, 6.07) is 14.1. The summed E-state index contributed by atoms with van der Waals surface area (Å²) in [6.07, 6.45) is 0. The number of nitro groups is 1. The first kappa shape index (κ1) is 12.4. The number of methoxy groups -OCH3 is 1. The maximum Gasteiger partial charge on any atom is 0.283 e. The molecule has 0 bridgehead atoms.